The summed E-state index contributed by atoms with van der Waals surface area (Å²) in [5, 5.41) is 2.80. The van der Waals surface area contributed by atoms with Gasteiger partial charge in [-0.1, -0.05) is 0 Å². The number of benzene rings is 3. The van der Waals surface area contributed by atoms with E-state index in [4.69, 9.17) is 4.74 Å². The smallest absolute Gasteiger partial charge is 0.261 e. The Morgan fingerprint density at radius 2 is 1.64 bits per heavy atom. The van der Waals surface area contributed by atoms with Crippen molar-refractivity contribution in [3.05, 3.63) is 78.1 Å². The lowest BCUT2D eigenvalue weighted by Crippen LogP contribution is -2.22. The van der Waals surface area contributed by atoms with Crippen LogP contribution in [0.1, 0.15) is 23.2 Å². The Labute approximate surface area is 192 Å². The Kier molecular flexibility index (Phi) is 6.50. The molecule has 1 fully saturated rings. The van der Waals surface area contributed by atoms with Crippen molar-refractivity contribution in [1.29, 1.82) is 0 Å². The number of carbonyl (C=O) groups is 1. The van der Waals surface area contributed by atoms with Gasteiger partial charge in [0.15, 0.2) is 0 Å². The zero-order chi connectivity index (χ0) is 23.4. The normalized spacial score (nSPS) is 13.6. The summed E-state index contributed by atoms with van der Waals surface area (Å²) < 4.78 is 46.9. The molecule has 0 saturated carbocycles. The van der Waals surface area contributed by atoms with Crippen LogP contribution in [0.15, 0.2) is 71.6 Å². The maximum atomic E-state index is 13.2. The van der Waals surface area contributed by atoms with Gasteiger partial charge in [0.05, 0.1) is 23.4 Å². The summed E-state index contributed by atoms with van der Waals surface area (Å²) in [6, 6.07) is 16.4. The molecular weight excluding hydrogens is 445 g/mol. The molecule has 1 amide bonds. The molecule has 9 heteroatoms. The average molecular weight is 470 g/mol. The van der Waals surface area contributed by atoms with Gasteiger partial charge in [0, 0.05) is 24.3 Å². The standard InChI is InChI=1S/C24H24FN3O4S/c1-32-20-10-8-19(9-11-20)27-33(30,31)21-12-13-23(28-14-2-3-15-28)22(16-21)26-24(29)17-4-6-18(25)7-5-17/h4-13,16,27H,2-3,14-15H2,1H3,(H,26,29). The number of hydrogen-bond acceptors (Lipinski definition) is 5. The predicted octanol–water partition coefficient (Wildman–Crippen LogP) is 4.49. The van der Waals surface area contributed by atoms with E-state index < -0.39 is 21.7 Å². The number of sulfonamides is 1. The van der Waals surface area contributed by atoms with Crippen molar-refractivity contribution in [2.45, 2.75) is 17.7 Å². The monoisotopic (exact) mass is 469 g/mol. The lowest BCUT2D eigenvalue weighted by atomic mass is 10.2. The third kappa shape index (κ3) is 5.25. The van der Waals surface area contributed by atoms with E-state index in [2.05, 4.69) is 14.9 Å². The molecule has 0 unspecified atom stereocenters. The van der Waals surface area contributed by atoms with Crippen molar-refractivity contribution in [3.8, 4) is 5.75 Å². The molecule has 3 aromatic rings. The number of hydrogen-bond donors (Lipinski definition) is 2. The number of amides is 1. The van der Waals surface area contributed by atoms with Crippen molar-refractivity contribution in [1.82, 2.24) is 0 Å². The Morgan fingerprint density at radius 3 is 2.27 bits per heavy atom. The molecule has 0 spiro atoms. The fourth-order valence-electron chi connectivity index (χ4n) is 3.69. The molecule has 3 aromatic carbocycles. The minimum absolute atomic E-state index is 0.00988. The first-order valence-electron chi connectivity index (χ1n) is 10.5. The maximum Gasteiger partial charge on any atom is 0.261 e. The third-order valence-electron chi connectivity index (χ3n) is 5.42. The topological polar surface area (TPSA) is 87.7 Å². The molecule has 1 saturated heterocycles. The Morgan fingerprint density at radius 1 is 0.970 bits per heavy atom. The molecule has 0 aromatic heterocycles. The van der Waals surface area contributed by atoms with Gasteiger partial charge in [-0.3, -0.25) is 9.52 Å². The summed E-state index contributed by atoms with van der Waals surface area (Å²) in [5.74, 6) is -0.284. The highest BCUT2D eigenvalue weighted by Gasteiger charge is 2.22. The van der Waals surface area contributed by atoms with Gasteiger partial charge in [0.25, 0.3) is 15.9 Å². The van der Waals surface area contributed by atoms with Gasteiger partial charge in [-0.05, 0) is 79.6 Å². The van der Waals surface area contributed by atoms with Crippen LogP contribution < -0.4 is 19.7 Å². The summed E-state index contributed by atoms with van der Waals surface area (Å²) in [6.07, 6.45) is 2.04. The van der Waals surface area contributed by atoms with Crippen molar-refractivity contribution in [2.24, 2.45) is 0 Å². The van der Waals surface area contributed by atoms with E-state index in [-0.39, 0.29) is 10.5 Å². The number of methoxy groups -OCH3 is 1. The number of nitrogens with zero attached hydrogens (tertiary/aromatic N) is 1. The Hall–Kier alpha value is -3.59. The van der Waals surface area contributed by atoms with Crippen LogP contribution in [0, 0.1) is 5.82 Å². The van der Waals surface area contributed by atoms with Crippen LogP contribution in [0.5, 0.6) is 5.75 Å². The Bertz CT molecular complexity index is 1240. The second-order valence-corrected chi connectivity index (χ2v) is 9.35. The first-order chi connectivity index (χ1) is 15.9. The van der Waals surface area contributed by atoms with Gasteiger partial charge in [-0.25, -0.2) is 12.8 Å². The summed E-state index contributed by atoms with van der Waals surface area (Å²) in [7, 11) is -2.38. The number of anilines is 3. The molecule has 0 radical (unpaired) electrons. The molecular formula is C24H24FN3O4S. The van der Waals surface area contributed by atoms with E-state index in [1.807, 2.05) is 0 Å². The van der Waals surface area contributed by atoms with Crippen molar-refractivity contribution >= 4 is 33.0 Å². The summed E-state index contributed by atoms with van der Waals surface area (Å²) in [4.78, 5) is 14.9. The minimum atomic E-state index is -3.91. The fraction of sp³-hybridized carbons (Fsp3) is 0.208. The van der Waals surface area contributed by atoms with E-state index >= 15 is 0 Å². The fourth-order valence-corrected chi connectivity index (χ4v) is 4.77. The lowest BCUT2D eigenvalue weighted by molar-refractivity contribution is 0.102. The van der Waals surface area contributed by atoms with Crippen molar-refractivity contribution < 1.29 is 22.3 Å². The van der Waals surface area contributed by atoms with Crippen LogP contribution in [0.3, 0.4) is 0 Å². The van der Waals surface area contributed by atoms with E-state index in [0.29, 0.717) is 17.1 Å². The summed E-state index contributed by atoms with van der Waals surface area (Å²) in [5.41, 5.74) is 1.78. The molecule has 0 aliphatic carbocycles. The number of carbonyl (C=O) groups excluding carboxylic acids is 1. The number of nitrogens with one attached hydrogen (secondary N) is 2. The summed E-state index contributed by atoms with van der Waals surface area (Å²) in [6.45, 7) is 1.63. The molecule has 0 bridgehead atoms. The highest BCUT2D eigenvalue weighted by molar-refractivity contribution is 7.92. The average Bonchev–Trinajstić information content (AvgIpc) is 3.34. The predicted molar refractivity (Wildman–Crippen MR) is 126 cm³/mol. The van der Waals surface area contributed by atoms with E-state index in [9.17, 15) is 17.6 Å². The van der Waals surface area contributed by atoms with Gasteiger partial charge in [-0.2, -0.15) is 0 Å². The van der Waals surface area contributed by atoms with Gasteiger partial charge >= 0.3 is 0 Å². The molecule has 33 heavy (non-hydrogen) atoms. The third-order valence-corrected chi connectivity index (χ3v) is 6.80. The first-order valence-corrected chi connectivity index (χ1v) is 12.0. The molecule has 2 N–H and O–H groups in total. The van der Waals surface area contributed by atoms with Crippen LogP contribution in [0.25, 0.3) is 0 Å². The van der Waals surface area contributed by atoms with Crippen LogP contribution in [0.2, 0.25) is 0 Å². The molecule has 1 aliphatic heterocycles. The molecule has 1 aliphatic rings. The van der Waals surface area contributed by atoms with E-state index in [0.717, 1.165) is 31.6 Å². The van der Waals surface area contributed by atoms with E-state index in [1.165, 1.54) is 43.5 Å². The van der Waals surface area contributed by atoms with Gasteiger partial charge in [0.2, 0.25) is 0 Å². The number of halogens is 1. The highest BCUT2D eigenvalue weighted by Crippen LogP contribution is 2.32. The zero-order valence-electron chi connectivity index (χ0n) is 18.0. The molecule has 172 valence electrons. The lowest BCUT2D eigenvalue weighted by Gasteiger charge is -2.22. The van der Waals surface area contributed by atoms with Gasteiger partial charge in [-0.15, -0.1) is 0 Å². The minimum Gasteiger partial charge on any atom is -0.497 e. The van der Waals surface area contributed by atoms with Crippen molar-refractivity contribution in [3.63, 3.8) is 0 Å². The van der Waals surface area contributed by atoms with E-state index in [1.54, 1.807) is 30.3 Å². The van der Waals surface area contributed by atoms with Gasteiger partial charge in [0.1, 0.15) is 11.6 Å². The van der Waals surface area contributed by atoms with Crippen LogP contribution in [-0.2, 0) is 10.0 Å². The maximum absolute atomic E-state index is 13.2. The highest BCUT2D eigenvalue weighted by atomic mass is 32.2. The van der Waals surface area contributed by atoms with Crippen LogP contribution >= 0.6 is 0 Å². The van der Waals surface area contributed by atoms with Gasteiger partial charge < -0.3 is 15.0 Å². The summed E-state index contributed by atoms with van der Waals surface area (Å²) >= 11 is 0. The first kappa shape index (κ1) is 22.6. The molecule has 4 rings (SSSR count). The Balaban J connectivity index is 1.64. The quantitative estimate of drug-likeness (QED) is 0.533. The SMILES string of the molecule is COc1ccc(NS(=O)(=O)c2ccc(N3CCCC3)c(NC(=O)c3ccc(F)cc3)c2)cc1. The number of rotatable bonds is 7. The molecule has 0 atom stereocenters. The molecule has 1 heterocycles. The second kappa shape index (κ2) is 9.50. The van der Waals surface area contributed by atoms with Crippen LogP contribution in [0.4, 0.5) is 21.5 Å². The largest absolute Gasteiger partial charge is 0.497 e. The zero-order valence-corrected chi connectivity index (χ0v) is 18.9. The number of ether oxygens (including phenoxy) is 1. The second-order valence-electron chi connectivity index (χ2n) is 7.67. The van der Waals surface area contributed by atoms with Crippen molar-refractivity contribution in [2.75, 3.05) is 35.1 Å². The van der Waals surface area contributed by atoms with Crippen LogP contribution in [-0.4, -0.2) is 34.5 Å². The molecule has 7 nitrogen and oxygen atoms in total.